The molecule has 2 aromatic rings. The number of hydrogen-bond acceptors (Lipinski definition) is 6. The SMILES string of the molecule is O=C(O)CCCCCCCCCCN1C(=O)/C(=C2\C(=O)N(CC(=O)Nc3cccc(C(F)(F)F)c3)c3ccccc32)SC1=S. The molecule has 0 aliphatic carbocycles. The molecule has 234 valence electrons. The number of carbonyl (C=O) groups is 4. The molecule has 8 nitrogen and oxygen atoms in total. The summed E-state index contributed by atoms with van der Waals surface area (Å²) >= 11 is 6.52. The highest BCUT2D eigenvalue weighted by Gasteiger charge is 2.42. The summed E-state index contributed by atoms with van der Waals surface area (Å²) in [7, 11) is 0. The zero-order valence-corrected chi connectivity index (χ0v) is 25.5. The first-order valence-corrected chi connectivity index (χ1v) is 15.6. The van der Waals surface area contributed by atoms with E-state index in [1.807, 2.05) is 0 Å². The molecule has 44 heavy (non-hydrogen) atoms. The second kappa shape index (κ2) is 14.8. The van der Waals surface area contributed by atoms with Crippen LogP contribution in [0.2, 0.25) is 0 Å². The van der Waals surface area contributed by atoms with Crippen LogP contribution in [-0.4, -0.2) is 51.1 Å². The molecule has 0 atom stereocenters. The molecule has 0 spiro atoms. The number of fused-ring (bicyclic) bond motifs is 1. The summed E-state index contributed by atoms with van der Waals surface area (Å²) in [5.74, 6) is -2.39. The molecule has 1 fully saturated rings. The summed E-state index contributed by atoms with van der Waals surface area (Å²) in [6.07, 6.45) is 2.89. The summed E-state index contributed by atoms with van der Waals surface area (Å²) in [5, 5.41) is 11.1. The van der Waals surface area contributed by atoms with Gasteiger partial charge in [-0.3, -0.25) is 29.0 Å². The number of benzene rings is 2. The number of carbonyl (C=O) groups excluding carboxylic acids is 3. The van der Waals surface area contributed by atoms with Gasteiger partial charge in [0.1, 0.15) is 10.9 Å². The van der Waals surface area contributed by atoms with Gasteiger partial charge in [-0.1, -0.05) is 86.8 Å². The van der Waals surface area contributed by atoms with Crippen molar-refractivity contribution in [3.8, 4) is 0 Å². The number of carboxylic acid groups (broad SMARTS) is 1. The van der Waals surface area contributed by atoms with Crippen molar-refractivity contribution in [2.75, 3.05) is 23.3 Å². The first-order chi connectivity index (χ1) is 21.0. The van der Waals surface area contributed by atoms with E-state index < -0.39 is 36.1 Å². The van der Waals surface area contributed by atoms with Gasteiger partial charge < -0.3 is 10.4 Å². The second-order valence-corrected chi connectivity index (χ2v) is 12.2. The number of thiocarbonyl (C=S) groups is 1. The maximum atomic E-state index is 13.6. The van der Waals surface area contributed by atoms with Crippen molar-refractivity contribution in [3.63, 3.8) is 0 Å². The van der Waals surface area contributed by atoms with Crippen LogP contribution < -0.4 is 10.2 Å². The summed E-state index contributed by atoms with van der Waals surface area (Å²) in [6, 6.07) is 11.0. The first-order valence-electron chi connectivity index (χ1n) is 14.4. The number of hydrogen-bond donors (Lipinski definition) is 2. The zero-order chi connectivity index (χ0) is 31.9. The maximum absolute atomic E-state index is 13.6. The fraction of sp³-hybridized carbons (Fsp3) is 0.387. The number of unbranched alkanes of at least 4 members (excludes halogenated alkanes) is 7. The summed E-state index contributed by atoms with van der Waals surface area (Å²) in [4.78, 5) is 53.4. The molecule has 1 saturated heterocycles. The lowest BCUT2D eigenvalue weighted by Gasteiger charge is -2.17. The number of aliphatic carboxylic acids is 1. The largest absolute Gasteiger partial charge is 0.481 e. The third-order valence-corrected chi connectivity index (χ3v) is 8.75. The van der Waals surface area contributed by atoms with Crippen molar-refractivity contribution < 1.29 is 37.5 Å². The summed E-state index contributed by atoms with van der Waals surface area (Å²) < 4.78 is 39.6. The van der Waals surface area contributed by atoms with Crippen molar-refractivity contribution in [3.05, 3.63) is 64.6 Å². The van der Waals surface area contributed by atoms with Gasteiger partial charge in [0.25, 0.3) is 11.8 Å². The average Bonchev–Trinajstić information content (AvgIpc) is 3.40. The number of para-hydroxylation sites is 1. The minimum atomic E-state index is -4.57. The van der Waals surface area contributed by atoms with E-state index in [1.165, 1.54) is 21.9 Å². The molecule has 2 aromatic carbocycles. The van der Waals surface area contributed by atoms with Gasteiger partial charge in [-0.25, -0.2) is 0 Å². The molecule has 0 aromatic heterocycles. The van der Waals surface area contributed by atoms with E-state index in [9.17, 15) is 32.3 Å². The highest BCUT2D eigenvalue weighted by atomic mass is 32.2. The van der Waals surface area contributed by atoms with Gasteiger partial charge in [-0.2, -0.15) is 13.2 Å². The zero-order valence-electron chi connectivity index (χ0n) is 23.8. The van der Waals surface area contributed by atoms with Crippen LogP contribution in [0.25, 0.3) is 5.57 Å². The molecule has 2 heterocycles. The number of halogens is 3. The minimum Gasteiger partial charge on any atom is -0.481 e. The highest BCUT2D eigenvalue weighted by molar-refractivity contribution is 8.26. The van der Waals surface area contributed by atoms with Crippen molar-refractivity contribution in [2.24, 2.45) is 0 Å². The summed E-state index contributed by atoms with van der Waals surface area (Å²) in [6.45, 7) is -0.0472. The Morgan fingerprint density at radius 2 is 1.52 bits per heavy atom. The monoisotopic (exact) mass is 647 g/mol. The predicted octanol–water partition coefficient (Wildman–Crippen LogP) is 6.86. The molecule has 2 aliphatic heterocycles. The second-order valence-electron chi connectivity index (χ2n) is 10.5. The van der Waals surface area contributed by atoms with Crippen LogP contribution in [0.1, 0.15) is 68.9 Å². The van der Waals surface area contributed by atoms with Gasteiger partial charge in [0.2, 0.25) is 5.91 Å². The number of anilines is 2. The quantitative estimate of drug-likeness (QED) is 0.131. The van der Waals surface area contributed by atoms with Crippen LogP contribution in [0, 0.1) is 0 Å². The van der Waals surface area contributed by atoms with Gasteiger partial charge >= 0.3 is 12.1 Å². The minimum absolute atomic E-state index is 0.0541. The van der Waals surface area contributed by atoms with Crippen LogP contribution in [0.4, 0.5) is 24.5 Å². The standard InChI is InChI=1S/C31H32F3N3O5S2/c32-31(33,34)20-12-11-13-21(18-20)35-24(38)19-37-23-15-9-8-14-22(23)26(28(37)41)27-29(42)36(30(43)44-27)17-10-6-4-2-1-3-5-7-16-25(39)40/h8-9,11-15,18H,1-7,10,16-17,19H2,(H,35,38)(H,39,40)/b27-26+. The Kier molecular flexibility index (Phi) is 11.2. The number of alkyl halides is 3. The van der Waals surface area contributed by atoms with Crippen LogP contribution >= 0.6 is 24.0 Å². The van der Waals surface area contributed by atoms with Crippen LogP contribution in [0.15, 0.2) is 53.4 Å². The van der Waals surface area contributed by atoms with E-state index in [-0.39, 0.29) is 28.5 Å². The van der Waals surface area contributed by atoms with Crippen molar-refractivity contribution in [1.29, 1.82) is 0 Å². The first kappa shape index (κ1) is 33.2. The van der Waals surface area contributed by atoms with Gasteiger partial charge in [-0.15, -0.1) is 0 Å². The molecule has 0 unspecified atom stereocenters. The molecule has 2 aliphatic rings. The molecule has 0 bridgehead atoms. The van der Waals surface area contributed by atoms with Gasteiger partial charge in [-0.05, 0) is 37.1 Å². The molecule has 0 radical (unpaired) electrons. The van der Waals surface area contributed by atoms with Crippen molar-refractivity contribution in [1.82, 2.24) is 4.90 Å². The molecular formula is C31H32F3N3O5S2. The van der Waals surface area contributed by atoms with Crippen LogP contribution in [0.3, 0.4) is 0 Å². The van der Waals surface area contributed by atoms with Gasteiger partial charge in [0, 0.05) is 24.2 Å². The maximum Gasteiger partial charge on any atom is 0.416 e. The Balaban J connectivity index is 1.36. The fourth-order valence-corrected chi connectivity index (χ4v) is 6.50. The number of carboxylic acids is 1. The molecule has 3 amide bonds. The number of nitrogens with one attached hydrogen (secondary N) is 1. The number of nitrogens with zero attached hydrogens (tertiary/aromatic N) is 2. The van der Waals surface area contributed by atoms with E-state index in [1.54, 1.807) is 24.3 Å². The molecule has 0 saturated carbocycles. The van der Waals surface area contributed by atoms with Crippen molar-refractivity contribution in [2.45, 2.75) is 64.0 Å². The van der Waals surface area contributed by atoms with Crippen LogP contribution in [-0.2, 0) is 25.4 Å². The molecule has 4 rings (SSSR count). The predicted molar refractivity (Wildman–Crippen MR) is 167 cm³/mol. The number of rotatable bonds is 14. The van der Waals surface area contributed by atoms with E-state index in [4.69, 9.17) is 17.3 Å². The lowest BCUT2D eigenvalue weighted by molar-refractivity contribution is -0.138. The van der Waals surface area contributed by atoms with Crippen LogP contribution in [0.5, 0.6) is 0 Å². The molecule has 2 N–H and O–H groups in total. The lowest BCUT2D eigenvalue weighted by atomic mass is 10.1. The third-order valence-electron chi connectivity index (χ3n) is 7.30. The normalized spacial score (nSPS) is 16.6. The highest BCUT2D eigenvalue weighted by Crippen LogP contribution is 2.44. The van der Waals surface area contributed by atoms with Gasteiger partial charge in [0.05, 0.1) is 21.7 Å². The number of amides is 3. The smallest absolute Gasteiger partial charge is 0.416 e. The Morgan fingerprint density at radius 1 is 0.864 bits per heavy atom. The Hall–Kier alpha value is -3.71. The van der Waals surface area contributed by atoms with E-state index in [0.717, 1.165) is 68.8 Å². The topological polar surface area (TPSA) is 107 Å². The van der Waals surface area contributed by atoms with Gasteiger partial charge in [0.15, 0.2) is 0 Å². The fourth-order valence-electron chi connectivity index (χ4n) is 5.12. The summed E-state index contributed by atoms with van der Waals surface area (Å²) in [5.41, 5.74) is 0.0807. The van der Waals surface area contributed by atoms with E-state index in [2.05, 4.69) is 5.32 Å². The average molecular weight is 648 g/mol. The molecule has 13 heteroatoms. The number of thioether (sulfide) groups is 1. The molecular weight excluding hydrogens is 615 g/mol. The third kappa shape index (κ3) is 8.26. The van der Waals surface area contributed by atoms with E-state index in [0.29, 0.717) is 28.5 Å². The Morgan fingerprint density at radius 3 is 2.20 bits per heavy atom. The van der Waals surface area contributed by atoms with E-state index >= 15 is 0 Å². The Bertz CT molecular complexity index is 1480. The lowest BCUT2D eigenvalue weighted by Crippen LogP contribution is -2.35. The van der Waals surface area contributed by atoms with Crippen molar-refractivity contribution >= 4 is 68.9 Å². The Labute approximate surface area is 262 Å².